The predicted octanol–water partition coefficient (Wildman–Crippen LogP) is 2.25. The molecule has 1 amide bonds. The van der Waals surface area contributed by atoms with E-state index in [2.05, 4.69) is 10.3 Å². The number of aliphatic carboxylic acids is 1. The Kier molecular flexibility index (Phi) is 3.62. The number of nitrogens with one attached hydrogen (secondary N) is 1. The summed E-state index contributed by atoms with van der Waals surface area (Å²) in [7, 11) is 0. The van der Waals surface area contributed by atoms with E-state index < -0.39 is 17.4 Å². The lowest BCUT2D eigenvalue weighted by Gasteiger charge is -2.25. The maximum atomic E-state index is 12.1. The molecule has 2 N–H and O–H groups in total. The highest BCUT2D eigenvalue weighted by Gasteiger charge is 2.48. The third-order valence-corrected chi connectivity index (χ3v) is 4.61. The van der Waals surface area contributed by atoms with Crippen molar-refractivity contribution in [3.05, 3.63) is 16.1 Å². The third-order valence-electron chi connectivity index (χ3n) is 3.46. The molecule has 0 spiro atoms. The van der Waals surface area contributed by atoms with Crippen molar-refractivity contribution in [2.24, 2.45) is 5.92 Å². The molecule has 0 aliphatic heterocycles. The van der Waals surface area contributed by atoms with Gasteiger partial charge in [0.05, 0.1) is 5.01 Å². The first-order chi connectivity index (χ1) is 8.84. The molecule has 0 radical (unpaired) electrons. The maximum absolute atomic E-state index is 12.1. The summed E-state index contributed by atoms with van der Waals surface area (Å²) in [5.41, 5.74) is -0.875. The average Bonchev–Trinajstić information content (AvgIpc) is 3.06. The van der Waals surface area contributed by atoms with E-state index in [1.165, 1.54) is 11.3 Å². The van der Waals surface area contributed by atoms with Gasteiger partial charge in [-0.2, -0.15) is 0 Å². The van der Waals surface area contributed by atoms with Crippen molar-refractivity contribution in [2.45, 2.75) is 45.1 Å². The molecule has 1 heterocycles. The van der Waals surface area contributed by atoms with Gasteiger partial charge in [0, 0.05) is 11.3 Å². The smallest absolute Gasteiger partial charge is 0.329 e. The van der Waals surface area contributed by atoms with Crippen LogP contribution in [0.3, 0.4) is 0 Å². The number of hydrogen-bond acceptors (Lipinski definition) is 4. The second-order valence-corrected chi connectivity index (χ2v) is 6.35. The summed E-state index contributed by atoms with van der Waals surface area (Å²) in [5, 5.41) is 14.5. The molecule has 1 atom stereocenters. The summed E-state index contributed by atoms with van der Waals surface area (Å²) in [6, 6.07) is 0. The largest absolute Gasteiger partial charge is 0.480 e. The molecule has 0 aromatic carbocycles. The predicted molar refractivity (Wildman–Crippen MR) is 72.4 cm³/mol. The highest BCUT2D eigenvalue weighted by Crippen LogP contribution is 2.39. The second kappa shape index (κ2) is 4.92. The summed E-state index contributed by atoms with van der Waals surface area (Å²) in [6.45, 7) is 5.58. The number of carboxylic acid groups (broad SMARTS) is 1. The maximum Gasteiger partial charge on any atom is 0.329 e. The quantitative estimate of drug-likeness (QED) is 0.868. The van der Waals surface area contributed by atoms with Crippen LogP contribution < -0.4 is 5.32 Å². The highest BCUT2D eigenvalue weighted by atomic mass is 32.1. The molecule has 1 aliphatic rings. The Morgan fingerprint density at radius 1 is 1.53 bits per heavy atom. The van der Waals surface area contributed by atoms with Gasteiger partial charge in [-0.25, -0.2) is 9.78 Å². The number of carbonyl (C=O) groups excluding carboxylic acids is 1. The van der Waals surface area contributed by atoms with Gasteiger partial charge < -0.3 is 10.4 Å². The molecule has 1 fully saturated rings. The lowest BCUT2D eigenvalue weighted by atomic mass is 9.96. The molecule has 0 bridgehead atoms. The molecule has 104 valence electrons. The Balaban J connectivity index is 2.13. The van der Waals surface area contributed by atoms with Crippen molar-refractivity contribution >= 4 is 23.2 Å². The molecule has 5 nitrogen and oxygen atoms in total. The number of aromatic nitrogens is 1. The zero-order valence-corrected chi connectivity index (χ0v) is 12.1. The topological polar surface area (TPSA) is 79.3 Å². The van der Waals surface area contributed by atoms with E-state index in [1.807, 2.05) is 13.8 Å². The normalized spacial score (nSPS) is 18.1. The van der Waals surface area contributed by atoms with Gasteiger partial charge in [-0.15, -0.1) is 11.3 Å². The van der Waals surface area contributed by atoms with Crippen LogP contribution in [0, 0.1) is 5.92 Å². The van der Waals surface area contributed by atoms with E-state index in [4.69, 9.17) is 0 Å². The molecule has 1 saturated carbocycles. The van der Waals surface area contributed by atoms with Gasteiger partial charge in [0.1, 0.15) is 11.2 Å². The fourth-order valence-electron chi connectivity index (χ4n) is 1.95. The van der Waals surface area contributed by atoms with Crippen LogP contribution in [0.4, 0.5) is 0 Å². The van der Waals surface area contributed by atoms with Crippen LogP contribution in [0.1, 0.15) is 55.0 Å². The zero-order valence-electron chi connectivity index (χ0n) is 11.3. The fraction of sp³-hybridized carbons (Fsp3) is 0.615. The van der Waals surface area contributed by atoms with Crippen molar-refractivity contribution in [1.82, 2.24) is 10.3 Å². The Hall–Kier alpha value is -1.43. The third kappa shape index (κ3) is 2.78. The van der Waals surface area contributed by atoms with Crippen molar-refractivity contribution in [1.29, 1.82) is 0 Å². The van der Waals surface area contributed by atoms with Gasteiger partial charge >= 0.3 is 5.97 Å². The van der Waals surface area contributed by atoms with Crippen molar-refractivity contribution in [3.8, 4) is 0 Å². The zero-order chi connectivity index (χ0) is 14.2. The first kappa shape index (κ1) is 14.0. The van der Waals surface area contributed by atoms with Crippen molar-refractivity contribution < 1.29 is 14.7 Å². The standard InChI is InChI=1S/C13H18N2O3S/c1-7(2)11-14-9(6-19-11)10(16)15-13(3,12(17)18)8-4-5-8/h6-8H,4-5H2,1-3H3,(H,15,16)(H,17,18)/t13-/m1/s1. The molecule has 1 aromatic heterocycles. The highest BCUT2D eigenvalue weighted by molar-refractivity contribution is 7.09. The summed E-state index contributed by atoms with van der Waals surface area (Å²) in [5.74, 6) is -1.10. The second-order valence-electron chi connectivity index (χ2n) is 5.46. The number of nitrogens with zero attached hydrogens (tertiary/aromatic N) is 1. The fourth-order valence-corrected chi connectivity index (χ4v) is 2.76. The lowest BCUT2D eigenvalue weighted by molar-refractivity contribution is -0.144. The van der Waals surface area contributed by atoms with Gasteiger partial charge in [-0.3, -0.25) is 4.79 Å². The van der Waals surface area contributed by atoms with E-state index in [-0.39, 0.29) is 11.8 Å². The number of thiazole rings is 1. The van der Waals surface area contributed by atoms with Crippen molar-refractivity contribution in [3.63, 3.8) is 0 Å². The van der Waals surface area contributed by atoms with Gasteiger partial charge in [0.15, 0.2) is 0 Å². The van der Waals surface area contributed by atoms with Gasteiger partial charge in [0.25, 0.3) is 5.91 Å². The van der Waals surface area contributed by atoms with Crippen LogP contribution in [-0.4, -0.2) is 27.5 Å². The number of amides is 1. The van der Waals surface area contributed by atoms with Gasteiger partial charge in [-0.1, -0.05) is 13.8 Å². The van der Waals surface area contributed by atoms with Crippen LogP contribution in [0.15, 0.2) is 5.38 Å². The molecule has 19 heavy (non-hydrogen) atoms. The molecule has 0 unspecified atom stereocenters. The number of hydrogen-bond donors (Lipinski definition) is 2. The molecular weight excluding hydrogens is 264 g/mol. The van der Waals surface area contributed by atoms with E-state index in [0.717, 1.165) is 17.8 Å². The molecule has 6 heteroatoms. The number of carbonyl (C=O) groups is 2. The van der Waals surface area contributed by atoms with Crippen LogP contribution in [0.25, 0.3) is 0 Å². The van der Waals surface area contributed by atoms with Gasteiger partial charge in [-0.05, 0) is 25.7 Å². The Morgan fingerprint density at radius 3 is 2.58 bits per heavy atom. The van der Waals surface area contributed by atoms with E-state index in [1.54, 1.807) is 12.3 Å². The first-order valence-electron chi connectivity index (χ1n) is 6.36. The summed E-state index contributed by atoms with van der Waals surface area (Å²) >= 11 is 1.43. The summed E-state index contributed by atoms with van der Waals surface area (Å²) in [4.78, 5) is 27.7. The lowest BCUT2D eigenvalue weighted by Crippen LogP contribution is -2.54. The summed E-state index contributed by atoms with van der Waals surface area (Å²) < 4.78 is 0. The molecule has 1 aliphatic carbocycles. The first-order valence-corrected chi connectivity index (χ1v) is 7.24. The Bertz CT molecular complexity index is 508. The van der Waals surface area contributed by atoms with E-state index in [0.29, 0.717) is 5.69 Å². The SMILES string of the molecule is CC(C)c1nc(C(=O)N[C@@](C)(C(=O)O)C2CC2)cs1. The Morgan fingerprint density at radius 2 is 2.16 bits per heavy atom. The molecule has 2 rings (SSSR count). The minimum Gasteiger partial charge on any atom is -0.480 e. The van der Waals surface area contributed by atoms with Crippen LogP contribution >= 0.6 is 11.3 Å². The van der Waals surface area contributed by atoms with Crippen LogP contribution in [0.5, 0.6) is 0 Å². The van der Waals surface area contributed by atoms with Crippen molar-refractivity contribution in [2.75, 3.05) is 0 Å². The van der Waals surface area contributed by atoms with E-state index >= 15 is 0 Å². The molecule has 1 aromatic rings. The number of carboxylic acids is 1. The van der Waals surface area contributed by atoms with Gasteiger partial charge in [0.2, 0.25) is 0 Å². The number of rotatable bonds is 5. The monoisotopic (exact) mass is 282 g/mol. The minimum atomic E-state index is -1.18. The van der Waals surface area contributed by atoms with Crippen LogP contribution in [0.2, 0.25) is 0 Å². The van der Waals surface area contributed by atoms with E-state index in [9.17, 15) is 14.7 Å². The Labute approximate surface area is 116 Å². The average molecular weight is 282 g/mol. The van der Waals surface area contributed by atoms with Crippen LogP contribution in [-0.2, 0) is 4.79 Å². The molecule has 0 saturated heterocycles. The molecular formula is C13H18N2O3S. The summed E-state index contributed by atoms with van der Waals surface area (Å²) in [6.07, 6.45) is 1.69. The minimum absolute atomic E-state index is 0.0251.